The maximum atomic E-state index is 12.0. The van der Waals surface area contributed by atoms with Crippen molar-refractivity contribution < 1.29 is 19.4 Å². The SMILES string of the molecule is Cc1ccc(NC(=O)COc2ccccc2CNC(C)C(=O)O)cc1. The highest BCUT2D eigenvalue weighted by Crippen LogP contribution is 2.18. The molecule has 1 amide bonds. The molecule has 0 aliphatic heterocycles. The first kappa shape index (κ1) is 18.5. The fraction of sp³-hybridized carbons (Fsp3) is 0.263. The number of carbonyl (C=O) groups excluding carboxylic acids is 1. The summed E-state index contributed by atoms with van der Waals surface area (Å²) in [4.78, 5) is 22.9. The third-order valence-electron chi connectivity index (χ3n) is 3.64. The Bertz CT molecular complexity index is 728. The van der Waals surface area contributed by atoms with E-state index in [1.165, 1.54) is 0 Å². The van der Waals surface area contributed by atoms with Crippen molar-refractivity contribution in [3.63, 3.8) is 0 Å². The number of aryl methyl sites for hydroxylation is 1. The van der Waals surface area contributed by atoms with Crippen molar-refractivity contribution in [2.45, 2.75) is 26.4 Å². The van der Waals surface area contributed by atoms with E-state index in [4.69, 9.17) is 9.84 Å². The molecule has 2 aromatic carbocycles. The Hall–Kier alpha value is -2.86. The van der Waals surface area contributed by atoms with Gasteiger partial charge in [-0.15, -0.1) is 0 Å². The van der Waals surface area contributed by atoms with Crippen molar-refractivity contribution in [1.29, 1.82) is 0 Å². The number of hydrogen-bond acceptors (Lipinski definition) is 4. The summed E-state index contributed by atoms with van der Waals surface area (Å²) in [6.07, 6.45) is 0. The molecule has 0 aliphatic carbocycles. The molecule has 0 saturated heterocycles. The van der Waals surface area contributed by atoms with Gasteiger partial charge in [-0.1, -0.05) is 35.9 Å². The smallest absolute Gasteiger partial charge is 0.320 e. The number of anilines is 1. The fourth-order valence-electron chi connectivity index (χ4n) is 2.12. The number of carbonyl (C=O) groups is 2. The predicted molar refractivity (Wildman–Crippen MR) is 95.7 cm³/mol. The predicted octanol–water partition coefficient (Wildman–Crippen LogP) is 2.58. The molecule has 132 valence electrons. The first-order chi connectivity index (χ1) is 12.0. The van der Waals surface area contributed by atoms with Crippen molar-refractivity contribution in [3.05, 3.63) is 59.7 Å². The quantitative estimate of drug-likeness (QED) is 0.686. The van der Waals surface area contributed by atoms with Crippen molar-refractivity contribution >= 4 is 17.6 Å². The zero-order valence-corrected chi connectivity index (χ0v) is 14.3. The van der Waals surface area contributed by atoms with Gasteiger partial charge < -0.3 is 20.5 Å². The second kappa shape index (κ2) is 8.84. The Balaban J connectivity index is 1.90. The number of para-hydroxylation sites is 1. The molecule has 6 heteroatoms. The van der Waals surface area contributed by atoms with E-state index in [1.54, 1.807) is 19.1 Å². The van der Waals surface area contributed by atoms with E-state index in [2.05, 4.69) is 10.6 Å². The van der Waals surface area contributed by atoms with E-state index in [-0.39, 0.29) is 12.5 Å². The van der Waals surface area contributed by atoms with Gasteiger partial charge in [0.05, 0.1) is 0 Å². The lowest BCUT2D eigenvalue weighted by atomic mass is 10.2. The zero-order valence-electron chi connectivity index (χ0n) is 14.3. The summed E-state index contributed by atoms with van der Waals surface area (Å²) < 4.78 is 5.59. The molecule has 25 heavy (non-hydrogen) atoms. The summed E-state index contributed by atoms with van der Waals surface area (Å²) >= 11 is 0. The summed E-state index contributed by atoms with van der Waals surface area (Å²) in [6, 6.07) is 14.0. The molecule has 0 heterocycles. The molecule has 2 rings (SSSR count). The number of amides is 1. The van der Waals surface area contributed by atoms with Gasteiger partial charge in [0, 0.05) is 17.8 Å². The summed E-state index contributed by atoms with van der Waals surface area (Å²) in [5.74, 6) is -0.631. The van der Waals surface area contributed by atoms with Crippen LogP contribution in [0.2, 0.25) is 0 Å². The van der Waals surface area contributed by atoms with Crippen LogP contribution in [0.25, 0.3) is 0 Å². The molecule has 0 aromatic heterocycles. The Morgan fingerprint density at radius 2 is 1.80 bits per heavy atom. The monoisotopic (exact) mass is 342 g/mol. The molecule has 0 aliphatic rings. The van der Waals surface area contributed by atoms with Crippen LogP contribution in [0.1, 0.15) is 18.1 Å². The van der Waals surface area contributed by atoms with Gasteiger partial charge in [0.25, 0.3) is 5.91 Å². The van der Waals surface area contributed by atoms with Gasteiger partial charge in [0.15, 0.2) is 6.61 Å². The maximum absolute atomic E-state index is 12.0. The van der Waals surface area contributed by atoms with E-state index in [1.807, 2.05) is 43.3 Å². The van der Waals surface area contributed by atoms with E-state index >= 15 is 0 Å². The van der Waals surface area contributed by atoms with Crippen LogP contribution in [-0.2, 0) is 16.1 Å². The van der Waals surface area contributed by atoms with Gasteiger partial charge in [0.2, 0.25) is 0 Å². The second-order valence-electron chi connectivity index (χ2n) is 5.75. The highest BCUT2D eigenvalue weighted by Gasteiger charge is 2.12. The molecule has 1 atom stereocenters. The largest absolute Gasteiger partial charge is 0.483 e. The van der Waals surface area contributed by atoms with Crippen molar-refractivity contribution in [2.24, 2.45) is 0 Å². The normalized spacial score (nSPS) is 11.6. The van der Waals surface area contributed by atoms with Crippen molar-refractivity contribution in [1.82, 2.24) is 5.32 Å². The number of rotatable bonds is 8. The lowest BCUT2D eigenvalue weighted by molar-refractivity contribution is -0.139. The van der Waals surface area contributed by atoms with Crippen LogP contribution in [0.3, 0.4) is 0 Å². The second-order valence-corrected chi connectivity index (χ2v) is 5.75. The molecular weight excluding hydrogens is 320 g/mol. The minimum atomic E-state index is -0.920. The van der Waals surface area contributed by atoms with E-state index in [0.29, 0.717) is 18.0 Å². The molecule has 0 radical (unpaired) electrons. The Morgan fingerprint density at radius 1 is 1.12 bits per heavy atom. The third-order valence-corrected chi connectivity index (χ3v) is 3.64. The van der Waals surface area contributed by atoms with Crippen LogP contribution in [0, 0.1) is 6.92 Å². The summed E-state index contributed by atoms with van der Waals surface area (Å²) in [5, 5.41) is 14.6. The van der Waals surface area contributed by atoms with E-state index in [9.17, 15) is 9.59 Å². The molecular formula is C19H22N2O4. The number of benzene rings is 2. The van der Waals surface area contributed by atoms with Gasteiger partial charge in [-0.3, -0.25) is 9.59 Å². The van der Waals surface area contributed by atoms with Crippen LogP contribution in [0.15, 0.2) is 48.5 Å². The average molecular weight is 342 g/mol. The maximum Gasteiger partial charge on any atom is 0.320 e. The molecule has 0 bridgehead atoms. The van der Waals surface area contributed by atoms with Gasteiger partial charge in [-0.25, -0.2) is 0 Å². The fourth-order valence-corrected chi connectivity index (χ4v) is 2.12. The molecule has 3 N–H and O–H groups in total. The molecule has 0 saturated carbocycles. The lowest BCUT2D eigenvalue weighted by Gasteiger charge is -2.14. The van der Waals surface area contributed by atoms with E-state index in [0.717, 1.165) is 11.1 Å². The Morgan fingerprint density at radius 3 is 2.48 bits per heavy atom. The van der Waals surface area contributed by atoms with Crippen molar-refractivity contribution in [3.8, 4) is 5.75 Å². The summed E-state index contributed by atoms with van der Waals surface area (Å²) in [5.41, 5.74) is 2.62. The lowest BCUT2D eigenvalue weighted by Crippen LogP contribution is -2.33. The minimum Gasteiger partial charge on any atom is -0.483 e. The average Bonchev–Trinajstić information content (AvgIpc) is 2.60. The van der Waals surface area contributed by atoms with Crippen LogP contribution in [-0.4, -0.2) is 29.6 Å². The molecule has 0 fully saturated rings. The molecule has 2 aromatic rings. The van der Waals surface area contributed by atoms with Crippen molar-refractivity contribution in [2.75, 3.05) is 11.9 Å². The molecule has 0 spiro atoms. The highest BCUT2D eigenvalue weighted by molar-refractivity contribution is 5.91. The number of carboxylic acids is 1. The standard InChI is InChI=1S/C19H22N2O4/c1-13-7-9-16(10-8-13)21-18(22)12-25-17-6-4-3-5-15(17)11-20-14(2)19(23)24/h3-10,14,20H,11-12H2,1-2H3,(H,21,22)(H,23,24). The third kappa shape index (κ3) is 5.93. The Kier molecular flexibility index (Phi) is 6.54. The zero-order chi connectivity index (χ0) is 18.2. The first-order valence-electron chi connectivity index (χ1n) is 7.99. The Labute approximate surface area is 146 Å². The van der Waals surface area contributed by atoms with E-state index < -0.39 is 12.0 Å². The minimum absolute atomic E-state index is 0.126. The number of nitrogens with one attached hydrogen (secondary N) is 2. The molecule has 1 unspecified atom stereocenters. The first-order valence-corrected chi connectivity index (χ1v) is 7.99. The van der Waals surface area contributed by atoms with Gasteiger partial charge in [0.1, 0.15) is 11.8 Å². The van der Waals surface area contributed by atoms with Crippen LogP contribution < -0.4 is 15.4 Å². The summed E-state index contributed by atoms with van der Waals surface area (Å²) in [7, 11) is 0. The van der Waals surface area contributed by atoms with Crippen LogP contribution in [0.4, 0.5) is 5.69 Å². The van der Waals surface area contributed by atoms with Gasteiger partial charge >= 0.3 is 5.97 Å². The topological polar surface area (TPSA) is 87.7 Å². The number of hydrogen-bond donors (Lipinski definition) is 3. The van der Waals surface area contributed by atoms with Gasteiger partial charge in [-0.2, -0.15) is 0 Å². The summed E-state index contributed by atoms with van der Waals surface area (Å²) in [6.45, 7) is 3.76. The number of carboxylic acid groups (broad SMARTS) is 1. The number of ether oxygens (including phenoxy) is 1. The highest BCUT2D eigenvalue weighted by atomic mass is 16.5. The van der Waals surface area contributed by atoms with Gasteiger partial charge in [-0.05, 0) is 32.0 Å². The van der Waals surface area contributed by atoms with Crippen LogP contribution in [0.5, 0.6) is 5.75 Å². The molecule has 6 nitrogen and oxygen atoms in total. The number of aliphatic carboxylic acids is 1. The van der Waals surface area contributed by atoms with Crippen LogP contribution >= 0.6 is 0 Å².